The predicted molar refractivity (Wildman–Crippen MR) is 132 cm³/mol. The molecule has 1 aliphatic rings. The van der Waals surface area contributed by atoms with Gasteiger partial charge < -0.3 is 5.32 Å². The molecule has 1 heterocycles. The fourth-order valence-electron chi connectivity index (χ4n) is 4.28. The molecule has 2 amide bonds. The minimum absolute atomic E-state index is 0.111. The molecule has 0 aliphatic carbocycles. The van der Waals surface area contributed by atoms with E-state index in [1.165, 1.54) is 6.07 Å². The second-order valence-corrected chi connectivity index (χ2v) is 8.61. The highest BCUT2D eigenvalue weighted by molar-refractivity contribution is 6.37. The fraction of sp³-hybridized carbons (Fsp3) is 0.0769. The normalized spacial score (nSPS) is 12.9. The molecule has 0 radical (unpaired) electrons. The number of benzene rings is 4. The molecule has 0 aromatic heterocycles. The summed E-state index contributed by atoms with van der Waals surface area (Å²) in [5.41, 5.74) is 3.04. The van der Waals surface area contributed by atoms with Crippen LogP contribution in [-0.2, 0) is 0 Å². The van der Waals surface area contributed by atoms with E-state index < -0.39 is 16.7 Å². The summed E-state index contributed by atoms with van der Waals surface area (Å²) in [6, 6.07) is 18.4. The number of rotatable bonds is 4. The Labute approximate surface area is 199 Å². The summed E-state index contributed by atoms with van der Waals surface area (Å²) < 4.78 is 0. The summed E-state index contributed by atoms with van der Waals surface area (Å²) in [6.07, 6.45) is 0. The number of hydrogen-bond acceptors (Lipinski definition) is 5. The van der Waals surface area contributed by atoms with E-state index in [-0.39, 0.29) is 16.9 Å². The van der Waals surface area contributed by atoms with E-state index in [0.29, 0.717) is 32.7 Å². The van der Waals surface area contributed by atoms with E-state index in [2.05, 4.69) is 5.32 Å². The number of nitrogens with one attached hydrogen (secondary N) is 1. The number of nitro groups is 1. The SMILES string of the molecule is Cc1ccc(C)c(N2C(=O)c3cccc4c(Nc5ccc(Cl)cc5)c([N+](=O)[O-])cc(c34)C2=O)c1. The maximum atomic E-state index is 13.6. The third-order valence-electron chi connectivity index (χ3n) is 5.92. The number of carbonyl (C=O) groups excluding carboxylic acids is 2. The second kappa shape index (κ2) is 7.97. The summed E-state index contributed by atoms with van der Waals surface area (Å²) in [7, 11) is 0. The van der Waals surface area contributed by atoms with Crippen LogP contribution in [0.5, 0.6) is 0 Å². The van der Waals surface area contributed by atoms with Gasteiger partial charge in [-0.1, -0.05) is 35.9 Å². The van der Waals surface area contributed by atoms with Crippen molar-refractivity contribution < 1.29 is 14.5 Å². The number of amides is 2. The summed E-state index contributed by atoms with van der Waals surface area (Å²) in [5, 5.41) is 16.5. The third-order valence-corrected chi connectivity index (χ3v) is 6.18. The standard InChI is InChI=1S/C26H18ClN3O4/c1-14-6-7-15(2)21(12-14)29-25(31)19-5-3-4-18-23(19)20(26(29)32)13-22(30(33)34)24(18)28-17-10-8-16(27)9-11-17/h3-13,28H,1-2H3. The first-order chi connectivity index (χ1) is 16.3. The zero-order valence-corrected chi connectivity index (χ0v) is 19.0. The van der Waals surface area contributed by atoms with Gasteiger partial charge in [-0.05, 0) is 61.4 Å². The van der Waals surface area contributed by atoms with Gasteiger partial charge in [0.25, 0.3) is 17.5 Å². The van der Waals surface area contributed by atoms with Crippen LogP contribution in [0.3, 0.4) is 0 Å². The van der Waals surface area contributed by atoms with Gasteiger partial charge in [-0.3, -0.25) is 19.7 Å². The number of nitrogens with zero attached hydrogens (tertiary/aromatic N) is 2. The van der Waals surface area contributed by atoms with Gasteiger partial charge in [0.2, 0.25) is 0 Å². The molecule has 0 fully saturated rings. The molecule has 4 aromatic carbocycles. The summed E-state index contributed by atoms with van der Waals surface area (Å²) in [6.45, 7) is 3.68. The van der Waals surface area contributed by atoms with E-state index in [4.69, 9.17) is 11.6 Å². The Morgan fingerprint density at radius 1 is 0.912 bits per heavy atom. The molecule has 0 unspecified atom stereocenters. The van der Waals surface area contributed by atoms with Crippen molar-refractivity contribution in [2.75, 3.05) is 10.2 Å². The smallest absolute Gasteiger partial charge is 0.294 e. The van der Waals surface area contributed by atoms with Crippen molar-refractivity contribution in [3.63, 3.8) is 0 Å². The van der Waals surface area contributed by atoms with Gasteiger partial charge in [-0.15, -0.1) is 0 Å². The molecular formula is C26H18ClN3O4. The van der Waals surface area contributed by atoms with E-state index in [1.54, 1.807) is 48.5 Å². The van der Waals surface area contributed by atoms with Crippen LogP contribution in [0, 0.1) is 24.0 Å². The van der Waals surface area contributed by atoms with Gasteiger partial charge in [-0.2, -0.15) is 0 Å². The van der Waals surface area contributed by atoms with Crippen LogP contribution in [-0.4, -0.2) is 16.7 Å². The number of halogens is 1. The topological polar surface area (TPSA) is 92.6 Å². The average molecular weight is 472 g/mol. The average Bonchev–Trinajstić information content (AvgIpc) is 2.81. The number of carbonyl (C=O) groups is 2. The Kier molecular flexibility index (Phi) is 5.06. The van der Waals surface area contributed by atoms with Crippen molar-refractivity contribution in [1.29, 1.82) is 0 Å². The van der Waals surface area contributed by atoms with Crippen LogP contribution in [0.2, 0.25) is 5.02 Å². The van der Waals surface area contributed by atoms with E-state index >= 15 is 0 Å². The van der Waals surface area contributed by atoms with Crippen molar-refractivity contribution in [3.8, 4) is 0 Å². The van der Waals surface area contributed by atoms with E-state index in [1.807, 2.05) is 26.0 Å². The van der Waals surface area contributed by atoms with E-state index in [9.17, 15) is 19.7 Å². The fourth-order valence-corrected chi connectivity index (χ4v) is 4.41. The zero-order chi connectivity index (χ0) is 24.1. The molecule has 5 rings (SSSR count). The van der Waals surface area contributed by atoms with Gasteiger partial charge in [0.15, 0.2) is 0 Å². The van der Waals surface area contributed by atoms with Crippen molar-refractivity contribution in [3.05, 3.63) is 104 Å². The summed E-state index contributed by atoms with van der Waals surface area (Å²) in [5.74, 6) is -1.06. The second-order valence-electron chi connectivity index (χ2n) is 8.17. The Balaban J connectivity index is 1.76. The lowest BCUT2D eigenvalue weighted by Gasteiger charge is -2.29. The molecule has 0 atom stereocenters. The Hall–Kier alpha value is -4.23. The number of imide groups is 1. The quantitative estimate of drug-likeness (QED) is 0.206. The monoisotopic (exact) mass is 471 g/mol. The third kappa shape index (κ3) is 3.38. The van der Waals surface area contributed by atoms with E-state index in [0.717, 1.165) is 16.0 Å². The molecule has 8 heteroatoms. The molecule has 34 heavy (non-hydrogen) atoms. The van der Waals surface area contributed by atoms with Crippen LogP contribution in [0.4, 0.5) is 22.7 Å². The first kappa shape index (κ1) is 21.6. The highest BCUT2D eigenvalue weighted by Gasteiger charge is 2.37. The molecule has 0 spiro atoms. The number of nitro benzene ring substituents is 1. The Morgan fingerprint density at radius 2 is 1.62 bits per heavy atom. The van der Waals surface area contributed by atoms with Crippen molar-refractivity contribution in [2.24, 2.45) is 0 Å². The first-order valence-electron chi connectivity index (χ1n) is 10.5. The van der Waals surface area contributed by atoms with Gasteiger partial charge in [0, 0.05) is 33.1 Å². The predicted octanol–water partition coefficient (Wildman–Crippen LogP) is 6.56. The molecule has 0 bridgehead atoms. The van der Waals surface area contributed by atoms with Crippen molar-refractivity contribution >= 4 is 56.9 Å². The summed E-state index contributed by atoms with van der Waals surface area (Å²) >= 11 is 5.96. The maximum absolute atomic E-state index is 13.6. The number of hydrogen-bond donors (Lipinski definition) is 1. The number of aryl methyl sites for hydroxylation is 2. The van der Waals surface area contributed by atoms with Crippen molar-refractivity contribution in [1.82, 2.24) is 0 Å². The molecule has 0 saturated heterocycles. The molecule has 0 saturated carbocycles. The van der Waals surface area contributed by atoms with Crippen LogP contribution < -0.4 is 10.2 Å². The minimum Gasteiger partial charge on any atom is -0.349 e. The molecule has 1 aliphatic heterocycles. The zero-order valence-electron chi connectivity index (χ0n) is 18.3. The first-order valence-corrected chi connectivity index (χ1v) is 10.9. The molecular weight excluding hydrogens is 454 g/mol. The highest BCUT2D eigenvalue weighted by atomic mass is 35.5. The van der Waals surface area contributed by atoms with Crippen molar-refractivity contribution in [2.45, 2.75) is 13.8 Å². The van der Waals surface area contributed by atoms with Gasteiger partial charge >= 0.3 is 0 Å². The van der Waals surface area contributed by atoms with Crippen LogP contribution in [0.25, 0.3) is 10.8 Å². The van der Waals surface area contributed by atoms with Crippen LogP contribution in [0.1, 0.15) is 31.8 Å². The Bertz CT molecular complexity index is 1530. The highest BCUT2D eigenvalue weighted by Crippen LogP contribution is 2.42. The Morgan fingerprint density at radius 3 is 2.32 bits per heavy atom. The van der Waals surface area contributed by atoms with Gasteiger partial charge in [-0.25, -0.2) is 4.90 Å². The summed E-state index contributed by atoms with van der Waals surface area (Å²) in [4.78, 5) is 39.8. The maximum Gasteiger partial charge on any atom is 0.294 e. The molecule has 168 valence electrons. The largest absolute Gasteiger partial charge is 0.349 e. The molecule has 4 aromatic rings. The van der Waals surface area contributed by atoms with Crippen LogP contribution >= 0.6 is 11.6 Å². The lowest BCUT2D eigenvalue weighted by atomic mass is 9.91. The van der Waals surface area contributed by atoms with Crippen LogP contribution in [0.15, 0.2) is 66.7 Å². The molecule has 1 N–H and O–H groups in total. The number of anilines is 3. The van der Waals surface area contributed by atoms with Gasteiger partial charge in [0.1, 0.15) is 5.69 Å². The molecule has 7 nitrogen and oxygen atoms in total. The lowest BCUT2D eigenvalue weighted by molar-refractivity contribution is -0.383. The lowest BCUT2D eigenvalue weighted by Crippen LogP contribution is -2.41. The van der Waals surface area contributed by atoms with Gasteiger partial charge in [0.05, 0.1) is 16.2 Å². The minimum atomic E-state index is -0.594.